The predicted octanol–water partition coefficient (Wildman–Crippen LogP) is 4.03. The Labute approximate surface area is 125 Å². The van der Waals surface area contributed by atoms with Crippen LogP contribution in [0.1, 0.15) is 0 Å². The van der Waals surface area contributed by atoms with Crippen molar-refractivity contribution < 1.29 is 4.79 Å². The van der Waals surface area contributed by atoms with Crippen molar-refractivity contribution in [1.29, 1.82) is 0 Å². The normalized spacial score (nSPS) is 10.6. The Morgan fingerprint density at radius 3 is 2.90 bits per heavy atom. The third-order valence-corrected chi connectivity index (χ3v) is 4.53. The van der Waals surface area contributed by atoms with E-state index < -0.39 is 0 Å². The van der Waals surface area contributed by atoms with Gasteiger partial charge in [0.1, 0.15) is 0 Å². The van der Waals surface area contributed by atoms with Crippen molar-refractivity contribution in [3.63, 3.8) is 0 Å². The van der Waals surface area contributed by atoms with E-state index in [9.17, 15) is 4.79 Å². The summed E-state index contributed by atoms with van der Waals surface area (Å²) in [5.74, 6) is 0.410. The number of hydrogen-bond acceptors (Lipinski definition) is 4. The van der Waals surface area contributed by atoms with E-state index >= 15 is 0 Å². The maximum absolute atomic E-state index is 11.9. The number of nitrogens with one attached hydrogen (secondary N) is 1. The molecule has 0 atom stereocenters. The van der Waals surface area contributed by atoms with Gasteiger partial charge >= 0.3 is 0 Å². The molecule has 20 heavy (non-hydrogen) atoms. The molecule has 3 rings (SSSR count). The first-order valence-corrected chi connectivity index (χ1v) is 7.99. The monoisotopic (exact) mass is 300 g/mol. The first-order valence-electron chi connectivity index (χ1n) is 6.12. The van der Waals surface area contributed by atoms with Crippen molar-refractivity contribution in [2.45, 2.75) is 4.90 Å². The molecule has 0 fully saturated rings. The third-order valence-electron chi connectivity index (χ3n) is 2.73. The Morgan fingerprint density at radius 2 is 2.05 bits per heavy atom. The van der Waals surface area contributed by atoms with E-state index in [1.165, 1.54) is 11.8 Å². The molecular formula is C15H12N2OS2. The standard InChI is InChI=1S/C15H12N2OS2/c18-15(9-19-12-4-2-1-3-5-12)17-11-6-7-13-14(8-11)20-10-16-13/h1-8,10H,9H2,(H,17,18). The molecule has 0 bridgehead atoms. The fraction of sp³-hybridized carbons (Fsp3) is 0.0667. The van der Waals surface area contributed by atoms with Gasteiger partial charge in [-0.1, -0.05) is 18.2 Å². The highest BCUT2D eigenvalue weighted by molar-refractivity contribution is 8.00. The molecule has 1 N–H and O–H groups in total. The number of hydrogen-bond donors (Lipinski definition) is 1. The molecule has 0 aliphatic heterocycles. The van der Waals surface area contributed by atoms with E-state index in [0.717, 1.165) is 20.8 Å². The molecule has 0 aliphatic carbocycles. The number of aromatic nitrogens is 1. The highest BCUT2D eigenvalue weighted by atomic mass is 32.2. The highest BCUT2D eigenvalue weighted by Gasteiger charge is 2.05. The minimum atomic E-state index is 0.00252. The van der Waals surface area contributed by atoms with Gasteiger partial charge in [-0.15, -0.1) is 23.1 Å². The van der Waals surface area contributed by atoms with Crippen LogP contribution >= 0.6 is 23.1 Å². The second-order valence-corrected chi connectivity index (χ2v) is 6.12. The second-order valence-electron chi connectivity index (χ2n) is 4.18. The molecule has 0 unspecified atom stereocenters. The number of anilines is 1. The lowest BCUT2D eigenvalue weighted by molar-refractivity contribution is -0.113. The molecule has 5 heteroatoms. The van der Waals surface area contributed by atoms with Crippen LogP contribution in [0.3, 0.4) is 0 Å². The van der Waals surface area contributed by atoms with Gasteiger partial charge in [-0.2, -0.15) is 0 Å². The minimum absolute atomic E-state index is 0.00252. The molecule has 1 amide bonds. The van der Waals surface area contributed by atoms with E-state index in [1.54, 1.807) is 11.3 Å². The molecule has 3 aromatic rings. The number of benzene rings is 2. The molecule has 0 radical (unpaired) electrons. The van der Waals surface area contributed by atoms with Crippen LogP contribution in [-0.4, -0.2) is 16.6 Å². The smallest absolute Gasteiger partial charge is 0.234 e. The molecule has 3 nitrogen and oxygen atoms in total. The van der Waals surface area contributed by atoms with Crippen LogP contribution in [0.15, 0.2) is 58.9 Å². The van der Waals surface area contributed by atoms with E-state index in [4.69, 9.17) is 0 Å². The zero-order chi connectivity index (χ0) is 13.8. The Morgan fingerprint density at radius 1 is 1.20 bits per heavy atom. The first kappa shape index (κ1) is 13.1. The minimum Gasteiger partial charge on any atom is -0.325 e. The van der Waals surface area contributed by atoms with E-state index in [1.807, 2.05) is 54.0 Å². The van der Waals surface area contributed by atoms with Gasteiger partial charge in [0.2, 0.25) is 5.91 Å². The van der Waals surface area contributed by atoms with E-state index in [0.29, 0.717) is 5.75 Å². The fourth-order valence-corrected chi connectivity index (χ4v) is 3.23. The lowest BCUT2D eigenvalue weighted by Gasteiger charge is -2.05. The number of rotatable bonds is 4. The van der Waals surface area contributed by atoms with Crippen LogP contribution in [-0.2, 0) is 4.79 Å². The lowest BCUT2D eigenvalue weighted by Crippen LogP contribution is -2.13. The third kappa shape index (κ3) is 3.18. The second kappa shape index (κ2) is 6.07. The van der Waals surface area contributed by atoms with Gasteiger partial charge in [0.05, 0.1) is 21.5 Å². The zero-order valence-corrected chi connectivity index (χ0v) is 12.2. The lowest BCUT2D eigenvalue weighted by atomic mass is 10.3. The number of carbonyl (C=O) groups excluding carboxylic acids is 1. The molecular weight excluding hydrogens is 288 g/mol. The van der Waals surface area contributed by atoms with Gasteiger partial charge in [-0.05, 0) is 30.3 Å². The van der Waals surface area contributed by atoms with E-state index in [-0.39, 0.29) is 5.91 Å². The summed E-state index contributed by atoms with van der Waals surface area (Å²) >= 11 is 3.10. The Hall–Kier alpha value is -1.85. The van der Waals surface area contributed by atoms with Gasteiger partial charge in [0.25, 0.3) is 0 Å². The summed E-state index contributed by atoms with van der Waals surface area (Å²) in [7, 11) is 0. The molecule has 1 heterocycles. The molecule has 2 aromatic carbocycles. The maximum atomic E-state index is 11.9. The average Bonchev–Trinajstić information content (AvgIpc) is 2.94. The Balaban J connectivity index is 1.61. The summed E-state index contributed by atoms with van der Waals surface area (Å²) in [5.41, 5.74) is 3.59. The highest BCUT2D eigenvalue weighted by Crippen LogP contribution is 2.22. The quantitative estimate of drug-likeness (QED) is 0.740. The number of nitrogens with zero attached hydrogens (tertiary/aromatic N) is 1. The van der Waals surface area contributed by atoms with Gasteiger partial charge in [0.15, 0.2) is 0 Å². The number of thioether (sulfide) groups is 1. The summed E-state index contributed by atoms with van der Waals surface area (Å²) < 4.78 is 1.08. The molecule has 100 valence electrons. The topological polar surface area (TPSA) is 42.0 Å². The number of carbonyl (C=O) groups is 1. The number of fused-ring (bicyclic) bond motifs is 1. The van der Waals surface area contributed by atoms with Crippen LogP contribution in [0.4, 0.5) is 5.69 Å². The summed E-state index contributed by atoms with van der Waals surface area (Å²) in [6, 6.07) is 15.7. The van der Waals surface area contributed by atoms with Crippen LogP contribution in [0.5, 0.6) is 0 Å². The van der Waals surface area contributed by atoms with Crippen molar-refractivity contribution in [3.8, 4) is 0 Å². The number of thiazole rings is 1. The predicted molar refractivity (Wildman–Crippen MR) is 85.4 cm³/mol. The molecule has 1 aromatic heterocycles. The van der Waals surface area contributed by atoms with Crippen molar-refractivity contribution >= 4 is 44.9 Å². The Kier molecular flexibility index (Phi) is 3.99. The van der Waals surface area contributed by atoms with Gasteiger partial charge in [-0.25, -0.2) is 4.98 Å². The summed E-state index contributed by atoms with van der Waals surface area (Å²) in [5, 5.41) is 2.91. The van der Waals surface area contributed by atoms with Crippen LogP contribution in [0.25, 0.3) is 10.2 Å². The van der Waals surface area contributed by atoms with Gasteiger partial charge in [-0.3, -0.25) is 4.79 Å². The fourth-order valence-electron chi connectivity index (χ4n) is 1.80. The molecule has 0 spiro atoms. The first-order chi connectivity index (χ1) is 9.81. The SMILES string of the molecule is O=C(CSc1ccccc1)Nc1ccc2ncsc2c1. The van der Waals surface area contributed by atoms with Gasteiger partial charge < -0.3 is 5.32 Å². The summed E-state index contributed by atoms with van der Waals surface area (Å²) in [6.45, 7) is 0. The van der Waals surface area contributed by atoms with E-state index in [2.05, 4.69) is 10.3 Å². The molecule has 0 aliphatic rings. The molecule has 0 saturated carbocycles. The van der Waals surface area contributed by atoms with Crippen LogP contribution < -0.4 is 5.32 Å². The van der Waals surface area contributed by atoms with Crippen LogP contribution in [0.2, 0.25) is 0 Å². The summed E-state index contributed by atoms with van der Waals surface area (Å²) in [4.78, 5) is 17.2. The van der Waals surface area contributed by atoms with Crippen molar-refractivity contribution in [2.75, 3.05) is 11.1 Å². The largest absolute Gasteiger partial charge is 0.325 e. The summed E-state index contributed by atoms with van der Waals surface area (Å²) in [6.07, 6.45) is 0. The average molecular weight is 300 g/mol. The zero-order valence-electron chi connectivity index (χ0n) is 10.6. The maximum Gasteiger partial charge on any atom is 0.234 e. The molecule has 0 saturated heterocycles. The number of amides is 1. The van der Waals surface area contributed by atoms with Crippen molar-refractivity contribution in [2.24, 2.45) is 0 Å². The Bertz CT molecular complexity index is 725. The van der Waals surface area contributed by atoms with Gasteiger partial charge in [0, 0.05) is 10.6 Å². The van der Waals surface area contributed by atoms with Crippen LogP contribution in [0, 0.1) is 0 Å². The van der Waals surface area contributed by atoms with Crippen molar-refractivity contribution in [1.82, 2.24) is 4.98 Å². The van der Waals surface area contributed by atoms with Crippen molar-refractivity contribution in [3.05, 3.63) is 54.0 Å².